The van der Waals surface area contributed by atoms with E-state index >= 15 is 0 Å². The first-order valence-electron chi connectivity index (χ1n) is 10.6. The summed E-state index contributed by atoms with van der Waals surface area (Å²) in [4.78, 5) is 20.6. The minimum absolute atomic E-state index is 0. The average molecular weight is 570 g/mol. The van der Waals surface area contributed by atoms with Crippen LogP contribution < -0.4 is 10.1 Å². The van der Waals surface area contributed by atoms with Crippen molar-refractivity contribution in [2.24, 2.45) is 4.99 Å². The van der Waals surface area contributed by atoms with Crippen LogP contribution in [0.15, 0.2) is 53.5 Å². The Hall–Kier alpha value is -2.40. The lowest BCUT2D eigenvalue weighted by Gasteiger charge is -2.39. The van der Waals surface area contributed by atoms with Crippen LogP contribution in [-0.2, 0) is 16.1 Å². The van der Waals surface area contributed by atoms with Gasteiger partial charge in [0.1, 0.15) is 17.7 Å². The highest BCUT2D eigenvalue weighted by Gasteiger charge is 2.28. The molecule has 1 aliphatic rings. The molecule has 2 aromatic carbocycles. The molecular formula is C24H32FIN4O3. The van der Waals surface area contributed by atoms with Crippen LogP contribution in [0.4, 0.5) is 4.39 Å². The maximum atomic E-state index is 13.4. The maximum Gasteiger partial charge on any atom is 0.241 e. The van der Waals surface area contributed by atoms with Crippen LogP contribution >= 0.6 is 24.0 Å². The van der Waals surface area contributed by atoms with Gasteiger partial charge in [-0.3, -0.25) is 4.79 Å². The van der Waals surface area contributed by atoms with Crippen molar-refractivity contribution >= 4 is 35.8 Å². The van der Waals surface area contributed by atoms with E-state index in [1.807, 2.05) is 31.2 Å². The predicted octanol–water partition coefficient (Wildman–Crippen LogP) is 3.45. The van der Waals surface area contributed by atoms with E-state index < -0.39 is 0 Å². The van der Waals surface area contributed by atoms with Gasteiger partial charge in [-0.15, -0.1) is 24.0 Å². The second-order valence-electron chi connectivity index (χ2n) is 8.02. The molecule has 0 bridgehead atoms. The summed E-state index contributed by atoms with van der Waals surface area (Å²) in [6, 6.07) is 14.1. The van der Waals surface area contributed by atoms with Crippen LogP contribution in [0.2, 0.25) is 0 Å². The number of guanidine groups is 1. The summed E-state index contributed by atoms with van der Waals surface area (Å²) in [5, 5.41) is 3.21. The lowest BCUT2D eigenvalue weighted by molar-refractivity contribution is -0.127. The predicted molar refractivity (Wildman–Crippen MR) is 138 cm³/mol. The summed E-state index contributed by atoms with van der Waals surface area (Å²) < 4.78 is 24.7. The fourth-order valence-electron chi connectivity index (χ4n) is 3.46. The third kappa shape index (κ3) is 7.85. The maximum absolute atomic E-state index is 13.4. The number of methoxy groups -OCH3 is 1. The highest BCUT2D eigenvalue weighted by atomic mass is 127. The number of nitrogens with zero attached hydrogens (tertiary/aromatic N) is 3. The first-order valence-corrected chi connectivity index (χ1v) is 10.6. The molecule has 33 heavy (non-hydrogen) atoms. The van der Waals surface area contributed by atoms with Crippen LogP contribution in [0.3, 0.4) is 0 Å². The van der Waals surface area contributed by atoms with Gasteiger partial charge in [0.15, 0.2) is 5.96 Å². The van der Waals surface area contributed by atoms with Crippen molar-refractivity contribution in [3.05, 3.63) is 65.5 Å². The molecule has 2 atom stereocenters. The third-order valence-corrected chi connectivity index (χ3v) is 5.27. The highest BCUT2D eigenvalue weighted by molar-refractivity contribution is 14.0. The largest absolute Gasteiger partial charge is 0.497 e. The van der Waals surface area contributed by atoms with Gasteiger partial charge in [0.2, 0.25) is 5.91 Å². The summed E-state index contributed by atoms with van der Waals surface area (Å²) in [7, 11) is 5.08. The number of amides is 1. The summed E-state index contributed by atoms with van der Waals surface area (Å²) in [6.07, 6.45) is -0.284. The molecule has 0 spiro atoms. The first kappa shape index (κ1) is 26.8. The van der Waals surface area contributed by atoms with Crippen LogP contribution in [0.1, 0.15) is 24.2 Å². The number of carbonyl (C=O) groups excluding carboxylic acids is 1. The zero-order chi connectivity index (χ0) is 23.1. The number of rotatable bonds is 6. The monoisotopic (exact) mass is 570 g/mol. The molecule has 0 aliphatic carbocycles. The van der Waals surface area contributed by atoms with E-state index in [2.05, 4.69) is 10.2 Å². The van der Waals surface area contributed by atoms with E-state index in [4.69, 9.17) is 14.5 Å². The Kier molecular flexibility index (Phi) is 10.4. The normalized spacial score (nSPS) is 18.3. The zero-order valence-electron chi connectivity index (χ0n) is 19.5. The fourth-order valence-corrected chi connectivity index (χ4v) is 3.46. The van der Waals surface area contributed by atoms with Gasteiger partial charge in [0.25, 0.3) is 0 Å². The Balaban J connectivity index is 0.00000385. The van der Waals surface area contributed by atoms with E-state index in [1.54, 1.807) is 33.3 Å². The molecule has 2 unspecified atom stereocenters. The Morgan fingerprint density at radius 2 is 1.85 bits per heavy atom. The number of hydrogen-bond donors (Lipinski definition) is 1. The van der Waals surface area contributed by atoms with Gasteiger partial charge in [-0.2, -0.15) is 0 Å². The molecule has 9 heteroatoms. The summed E-state index contributed by atoms with van der Waals surface area (Å²) in [5.74, 6) is 1.11. The molecule has 1 aliphatic heterocycles. The van der Waals surface area contributed by atoms with E-state index in [0.29, 0.717) is 25.6 Å². The molecule has 1 N–H and O–H groups in total. The number of benzene rings is 2. The number of nitrogens with one attached hydrogen (secondary N) is 1. The molecule has 7 nitrogen and oxygen atoms in total. The first-order chi connectivity index (χ1) is 15.4. The molecule has 1 fully saturated rings. The molecule has 0 aromatic heterocycles. The van der Waals surface area contributed by atoms with Crippen LogP contribution in [0, 0.1) is 5.82 Å². The number of halogens is 2. The van der Waals surface area contributed by atoms with Gasteiger partial charge >= 0.3 is 0 Å². The minimum Gasteiger partial charge on any atom is -0.497 e. The molecule has 1 saturated heterocycles. The summed E-state index contributed by atoms with van der Waals surface area (Å²) in [6.45, 7) is 3.76. The quantitative estimate of drug-likeness (QED) is 0.328. The van der Waals surface area contributed by atoms with E-state index in [-0.39, 0.29) is 54.5 Å². The standard InChI is InChI=1S/C24H31FN4O3.HI/c1-17-15-29(16-22(32-17)19-7-9-20(25)10-8-19)24(27-14-23(30)28(2)3)26-13-18-5-11-21(31-4)12-6-18;/h5-12,17,22H,13-16H2,1-4H3,(H,26,27);1H. The molecule has 180 valence electrons. The van der Waals surface area contributed by atoms with Crippen molar-refractivity contribution in [2.75, 3.05) is 40.8 Å². The van der Waals surface area contributed by atoms with Gasteiger partial charge in [0.05, 0.1) is 32.8 Å². The van der Waals surface area contributed by atoms with Gasteiger partial charge in [-0.25, -0.2) is 9.38 Å². The number of aliphatic imine (C=N–C) groups is 1. The molecule has 0 saturated carbocycles. The van der Waals surface area contributed by atoms with Gasteiger partial charge in [0, 0.05) is 20.6 Å². The lowest BCUT2D eigenvalue weighted by Crippen LogP contribution is -2.52. The Morgan fingerprint density at radius 1 is 1.18 bits per heavy atom. The smallest absolute Gasteiger partial charge is 0.241 e. The van der Waals surface area contributed by atoms with Crippen molar-refractivity contribution in [1.82, 2.24) is 15.1 Å². The SMILES string of the molecule is COc1ccc(CN=C(NCC(=O)N(C)C)N2CC(C)OC(c3ccc(F)cc3)C2)cc1.I. The average Bonchev–Trinajstić information content (AvgIpc) is 2.79. The Bertz CT molecular complexity index is 922. The van der Waals surface area contributed by atoms with E-state index in [9.17, 15) is 9.18 Å². The second kappa shape index (κ2) is 12.7. The van der Waals surface area contributed by atoms with Crippen LogP contribution in [0.5, 0.6) is 5.75 Å². The summed E-state index contributed by atoms with van der Waals surface area (Å²) in [5.41, 5.74) is 1.93. The van der Waals surface area contributed by atoms with Crippen LogP contribution in [-0.4, -0.2) is 68.6 Å². The number of carbonyl (C=O) groups is 1. The third-order valence-electron chi connectivity index (χ3n) is 5.27. The van der Waals surface area contributed by atoms with Crippen molar-refractivity contribution < 1.29 is 18.7 Å². The molecule has 1 amide bonds. The van der Waals surface area contributed by atoms with E-state index in [1.165, 1.54) is 17.0 Å². The Labute approximate surface area is 212 Å². The highest BCUT2D eigenvalue weighted by Crippen LogP contribution is 2.25. The van der Waals surface area contributed by atoms with Crippen molar-refractivity contribution in [3.8, 4) is 5.75 Å². The summed E-state index contributed by atoms with van der Waals surface area (Å²) >= 11 is 0. The topological polar surface area (TPSA) is 66.4 Å². The Morgan fingerprint density at radius 3 is 2.45 bits per heavy atom. The van der Waals surface area contributed by atoms with Gasteiger partial charge in [-0.05, 0) is 42.3 Å². The number of likely N-dealkylation sites (N-methyl/N-ethyl adjacent to an activating group) is 1. The van der Waals surface area contributed by atoms with E-state index in [0.717, 1.165) is 16.9 Å². The van der Waals surface area contributed by atoms with Crippen molar-refractivity contribution in [3.63, 3.8) is 0 Å². The molecule has 1 heterocycles. The number of ether oxygens (including phenoxy) is 2. The molecule has 0 radical (unpaired) electrons. The molecule has 3 rings (SSSR count). The van der Waals surface area contributed by atoms with Crippen LogP contribution in [0.25, 0.3) is 0 Å². The molecule has 2 aromatic rings. The van der Waals surface area contributed by atoms with Gasteiger partial charge in [-0.1, -0.05) is 24.3 Å². The van der Waals surface area contributed by atoms with Crippen molar-refractivity contribution in [2.45, 2.75) is 25.7 Å². The zero-order valence-corrected chi connectivity index (χ0v) is 21.8. The fraction of sp³-hybridized carbons (Fsp3) is 0.417. The van der Waals surface area contributed by atoms with Crippen molar-refractivity contribution in [1.29, 1.82) is 0 Å². The number of hydrogen-bond acceptors (Lipinski definition) is 4. The minimum atomic E-state index is -0.278. The van der Waals surface area contributed by atoms with Gasteiger partial charge < -0.3 is 24.6 Å². The number of morpholine rings is 1. The lowest BCUT2D eigenvalue weighted by atomic mass is 10.1. The second-order valence-corrected chi connectivity index (χ2v) is 8.02. The molecular weight excluding hydrogens is 538 g/mol.